The van der Waals surface area contributed by atoms with Crippen LogP contribution in [0.1, 0.15) is 38.1 Å². The van der Waals surface area contributed by atoms with Crippen molar-refractivity contribution in [3.8, 4) is 0 Å². The van der Waals surface area contributed by atoms with Gasteiger partial charge >= 0.3 is 0 Å². The lowest BCUT2D eigenvalue weighted by atomic mass is 10.1. The van der Waals surface area contributed by atoms with Crippen LogP contribution >= 0.6 is 23.4 Å². The molecule has 0 aliphatic rings. The summed E-state index contributed by atoms with van der Waals surface area (Å²) < 4.78 is 1.61. The molecule has 0 saturated heterocycles. The van der Waals surface area contributed by atoms with Gasteiger partial charge in [-0.05, 0) is 62.2 Å². The van der Waals surface area contributed by atoms with Crippen molar-refractivity contribution in [3.05, 3.63) is 63.4 Å². The number of benzene rings is 2. The highest BCUT2D eigenvalue weighted by atomic mass is 35.5. The first-order chi connectivity index (χ1) is 14.7. The van der Waals surface area contributed by atoms with Crippen LogP contribution in [0.4, 0.5) is 5.69 Å². The minimum Gasteiger partial charge on any atom is -0.325 e. The lowest BCUT2D eigenvalue weighted by Crippen LogP contribution is -2.28. The molecular formula is C23H24ClN3O3S. The third-order valence-corrected chi connectivity index (χ3v) is 5.96. The van der Waals surface area contributed by atoms with Crippen LogP contribution in [0.25, 0.3) is 10.9 Å². The van der Waals surface area contributed by atoms with E-state index >= 15 is 0 Å². The van der Waals surface area contributed by atoms with Gasteiger partial charge in [0.15, 0.2) is 10.9 Å². The van der Waals surface area contributed by atoms with Gasteiger partial charge in [-0.15, -0.1) is 0 Å². The zero-order chi connectivity index (χ0) is 22.7. The van der Waals surface area contributed by atoms with Gasteiger partial charge < -0.3 is 5.32 Å². The molecule has 0 saturated carbocycles. The van der Waals surface area contributed by atoms with Crippen molar-refractivity contribution in [1.29, 1.82) is 0 Å². The van der Waals surface area contributed by atoms with Gasteiger partial charge in [-0.25, -0.2) is 4.98 Å². The molecule has 1 unspecified atom stereocenters. The van der Waals surface area contributed by atoms with E-state index in [2.05, 4.69) is 10.3 Å². The smallest absolute Gasteiger partial charge is 0.262 e. The first kappa shape index (κ1) is 23.0. The number of halogens is 1. The molecule has 1 N–H and O–H groups in total. The number of carbonyl (C=O) groups is 2. The van der Waals surface area contributed by atoms with E-state index in [0.29, 0.717) is 38.9 Å². The molecule has 2 aromatic carbocycles. The maximum atomic E-state index is 13.1. The van der Waals surface area contributed by atoms with Gasteiger partial charge in [0.1, 0.15) is 0 Å². The summed E-state index contributed by atoms with van der Waals surface area (Å²) in [6, 6.07) is 11.8. The Morgan fingerprint density at radius 1 is 1.13 bits per heavy atom. The Bertz CT molecular complexity index is 1190. The highest BCUT2D eigenvalue weighted by Gasteiger charge is 2.20. The summed E-state index contributed by atoms with van der Waals surface area (Å²) in [5.41, 5.74) is 1.56. The van der Waals surface area contributed by atoms with E-state index in [1.54, 1.807) is 54.0 Å². The van der Waals surface area contributed by atoms with E-state index in [-0.39, 0.29) is 23.2 Å². The number of Topliss-reactive ketones (excluding diaryl/α,β-unsaturated/α-hetero) is 1. The molecule has 31 heavy (non-hydrogen) atoms. The van der Waals surface area contributed by atoms with Crippen LogP contribution in [0.2, 0.25) is 5.02 Å². The summed E-state index contributed by atoms with van der Waals surface area (Å²) in [7, 11) is 0. The fourth-order valence-corrected chi connectivity index (χ4v) is 4.12. The molecule has 0 aliphatic carbocycles. The Balaban J connectivity index is 1.86. The molecule has 6 nitrogen and oxygen atoms in total. The molecule has 1 atom stereocenters. The SMILES string of the molecule is CC(=O)c1ccc(NC(=O)C(C)Sc2nc3ccc(Cl)cc3c(=O)n2CC(C)C)cc1. The van der Waals surface area contributed by atoms with Crippen LogP contribution in [-0.2, 0) is 11.3 Å². The summed E-state index contributed by atoms with van der Waals surface area (Å²) in [6.07, 6.45) is 0. The zero-order valence-electron chi connectivity index (χ0n) is 17.8. The second-order valence-electron chi connectivity index (χ2n) is 7.75. The molecule has 162 valence electrons. The van der Waals surface area contributed by atoms with Gasteiger partial charge in [0.25, 0.3) is 5.56 Å². The number of aromatic nitrogens is 2. The van der Waals surface area contributed by atoms with Gasteiger partial charge in [-0.1, -0.05) is 37.2 Å². The van der Waals surface area contributed by atoms with Crippen molar-refractivity contribution in [2.75, 3.05) is 5.32 Å². The average Bonchev–Trinajstić information content (AvgIpc) is 2.71. The number of nitrogens with zero attached hydrogens (tertiary/aromatic N) is 2. The van der Waals surface area contributed by atoms with Crippen LogP contribution in [0, 0.1) is 5.92 Å². The number of hydrogen-bond donors (Lipinski definition) is 1. The topological polar surface area (TPSA) is 81.1 Å². The number of nitrogens with one attached hydrogen (secondary N) is 1. The van der Waals surface area contributed by atoms with Crippen molar-refractivity contribution in [2.24, 2.45) is 5.92 Å². The van der Waals surface area contributed by atoms with Crippen LogP contribution in [0.15, 0.2) is 52.4 Å². The number of amides is 1. The van der Waals surface area contributed by atoms with Crippen LogP contribution in [0.5, 0.6) is 0 Å². The number of carbonyl (C=O) groups excluding carboxylic acids is 2. The quantitative estimate of drug-likeness (QED) is 0.306. The van der Waals surface area contributed by atoms with Gasteiger partial charge in [0, 0.05) is 22.8 Å². The number of fused-ring (bicyclic) bond motifs is 1. The Kier molecular flexibility index (Phi) is 7.18. The first-order valence-electron chi connectivity index (χ1n) is 9.94. The number of hydrogen-bond acceptors (Lipinski definition) is 5. The summed E-state index contributed by atoms with van der Waals surface area (Å²) in [6.45, 7) is 7.78. The normalized spacial score (nSPS) is 12.2. The summed E-state index contributed by atoms with van der Waals surface area (Å²) in [4.78, 5) is 41.9. The summed E-state index contributed by atoms with van der Waals surface area (Å²) in [5.74, 6) is -0.0323. The largest absolute Gasteiger partial charge is 0.325 e. The standard InChI is InChI=1S/C23H24ClN3O3S/c1-13(2)12-27-22(30)19-11-17(24)7-10-20(19)26-23(27)31-15(4)21(29)25-18-8-5-16(6-9-18)14(3)28/h5-11,13,15H,12H2,1-4H3,(H,25,29). The number of anilines is 1. The molecule has 1 aromatic heterocycles. The minimum atomic E-state index is -0.498. The summed E-state index contributed by atoms with van der Waals surface area (Å²) >= 11 is 7.30. The van der Waals surface area contributed by atoms with Gasteiger partial charge in [-0.2, -0.15) is 0 Å². The molecule has 8 heteroatoms. The Labute approximate surface area is 190 Å². The summed E-state index contributed by atoms with van der Waals surface area (Å²) in [5, 5.41) is 3.77. The van der Waals surface area contributed by atoms with E-state index in [1.807, 2.05) is 13.8 Å². The van der Waals surface area contributed by atoms with E-state index < -0.39 is 5.25 Å². The Hall–Kier alpha value is -2.64. The molecule has 3 aromatic rings. The van der Waals surface area contributed by atoms with E-state index in [1.165, 1.54) is 18.7 Å². The van der Waals surface area contributed by atoms with Crippen molar-refractivity contribution in [1.82, 2.24) is 9.55 Å². The number of ketones is 1. The zero-order valence-corrected chi connectivity index (χ0v) is 19.4. The molecule has 3 rings (SSSR count). The lowest BCUT2D eigenvalue weighted by molar-refractivity contribution is -0.115. The minimum absolute atomic E-state index is 0.0337. The fourth-order valence-electron chi connectivity index (χ4n) is 3.03. The predicted octanol–water partition coefficient (Wildman–Crippen LogP) is 5.03. The van der Waals surface area contributed by atoms with Crippen LogP contribution < -0.4 is 10.9 Å². The third-order valence-electron chi connectivity index (χ3n) is 4.64. The van der Waals surface area contributed by atoms with Crippen LogP contribution in [0.3, 0.4) is 0 Å². The molecule has 0 fully saturated rings. The van der Waals surface area contributed by atoms with Crippen molar-refractivity contribution >= 4 is 51.6 Å². The Morgan fingerprint density at radius 2 is 1.81 bits per heavy atom. The number of rotatable bonds is 7. The molecule has 1 amide bonds. The van der Waals surface area contributed by atoms with Crippen molar-refractivity contribution < 1.29 is 9.59 Å². The lowest BCUT2D eigenvalue weighted by Gasteiger charge is -2.17. The second-order valence-corrected chi connectivity index (χ2v) is 9.49. The van der Waals surface area contributed by atoms with Gasteiger partial charge in [0.05, 0.1) is 16.2 Å². The molecule has 0 aliphatic heterocycles. The molecule has 0 radical (unpaired) electrons. The highest BCUT2D eigenvalue weighted by Crippen LogP contribution is 2.25. The highest BCUT2D eigenvalue weighted by molar-refractivity contribution is 8.00. The third kappa shape index (κ3) is 5.54. The van der Waals surface area contributed by atoms with Crippen LogP contribution in [-0.4, -0.2) is 26.5 Å². The van der Waals surface area contributed by atoms with Gasteiger partial charge in [0.2, 0.25) is 5.91 Å². The molecule has 0 bridgehead atoms. The van der Waals surface area contributed by atoms with Crippen molar-refractivity contribution in [2.45, 2.75) is 44.6 Å². The molecule has 1 heterocycles. The maximum Gasteiger partial charge on any atom is 0.262 e. The molecule has 0 spiro atoms. The second kappa shape index (κ2) is 9.66. The monoisotopic (exact) mass is 457 g/mol. The van der Waals surface area contributed by atoms with Gasteiger partial charge in [-0.3, -0.25) is 19.0 Å². The average molecular weight is 458 g/mol. The van der Waals surface area contributed by atoms with E-state index in [9.17, 15) is 14.4 Å². The Morgan fingerprint density at radius 3 is 2.42 bits per heavy atom. The van der Waals surface area contributed by atoms with E-state index in [4.69, 9.17) is 11.6 Å². The fraction of sp³-hybridized carbons (Fsp3) is 0.304. The van der Waals surface area contributed by atoms with E-state index in [0.717, 1.165) is 0 Å². The van der Waals surface area contributed by atoms with Crippen molar-refractivity contribution in [3.63, 3.8) is 0 Å². The predicted molar refractivity (Wildman–Crippen MR) is 126 cm³/mol. The number of thioether (sulfide) groups is 1. The molecular weight excluding hydrogens is 434 g/mol. The maximum absolute atomic E-state index is 13.1. The first-order valence-corrected chi connectivity index (χ1v) is 11.2.